The van der Waals surface area contributed by atoms with E-state index < -0.39 is 0 Å². The number of hydrazone groups is 1. The summed E-state index contributed by atoms with van der Waals surface area (Å²) in [6.45, 7) is 3.21. The van der Waals surface area contributed by atoms with Crippen molar-refractivity contribution >= 4 is 28.8 Å². The molecule has 2 aromatic heterocycles. The van der Waals surface area contributed by atoms with Gasteiger partial charge >= 0.3 is 6.01 Å². The van der Waals surface area contributed by atoms with Gasteiger partial charge in [-0.3, -0.25) is 5.43 Å². The van der Waals surface area contributed by atoms with Gasteiger partial charge in [-0.25, -0.2) is 0 Å². The molecule has 1 fully saturated rings. The molecule has 0 bridgehead atoms. The van der Waals surface area contributed by atoms with Crippen molar-refractivity contribution in [1.29, 1.82) is 0 Å². The quantitative estimate of drug-likeness (QED) is 0.249. The highest BCUT2D eigenvalue weighted by Gasteiger charge is 2.16. The molecular formula is C27H30N6O4. The van der Waals surface area contributed by atoms with Gasteiger partial charge in [-0.05, 0) is 23.8 Å². The Labute approximate surface area is 215 Å². The number of H-pyrrole nitrogens is 1. The standard InChI is InChI=1S/C27H30N6O4/c1-34-23-8-7-19(15-24(23)35-2)9-12-37-27-30-25(16-26(31-27)33-10-13-36-14-11-33)32-29-18-20-17-28-22-6-4-3-5-21(20)22/h3-8,15-18,28H,9-14H2,1-2H3,(H,30,31,32). The van der Waals surface area contributed by atoms with E-state index in [9.17, 15) is 0 Å². The molecule has 0 spiro atoms. The maximum Gasteiger partial charge on any atom is 0.320 e. The summed E-state index contributed by atoms with van der Waals surface area (Å²) >= 11 is 0. The Morgan fingerprint density at radius 3 is 2.73 bits per heavy atom. The number of morpholine rings is 1. The molecule has 3 heterocycles. The van der Waals surface area contributed by atoms with Gasteiger partial charge in [-0.1, -0.05) is 24.3 Å². The van der Waals surface area contributed by atoms with Crippen molar-refractivity contribution in [2.24, 2.45) is 5.10 Å². The first-order chi connectivity index (χ1) is 18.2. The minimum absolute atomic E-state index is 0.286. The number of ether oxygens (including phenoxy) is 4. The normalized spacial score (nSPS) is 13.7. The van der Waals surface area contributed by atoms with Crippen LogP contribution in [-0.4, -0.2) is 68.3 Å². The van der Waals surface area contributed by atoms with E-state index in [1.807, 2.05) is 48.7 Å². The molecule has 0 unspecified atom stereocenters. The number of hydrogen-bond acceptors (Lipinski definition) is 9. The number of hydrogen-bond donors (Lipinski definition) is 2. The summed E-state index contributed by atoms with van der Waals surface area (Å²) in [5.74, 6) is 2.70. The van der Waals surface area contributed by atoms with Crippen LogP contribution in [0.2, 0.25) is 0 Å². The van der Waals surface area contributed by atoms with Gasteiger partial charge in [0.1, 0.15) is 5.82 Å². The third-order valence-electron chi connectivity index (χ3n) is 6.10. The summed E-state index contributed by atoms with van der Waals surface area (Å²) in [4.78, 5) is 14.6. The zero-order valence-corrected chi connectivity index (χ0v) is 20.9. The van der Waals surface area contributed by atoms with E-state index in [0.717, 1.165) is 40.9 Å². The van der Waals surface area contributed by atoms with E-state index in [0.29, 0.717) is 43.6 Å². The summed E-state index contributed by atoms with van der Waals surface area (Å²) in [5.41, 5.74) is 6.14. The lowest BCUT2D eigenvalue weighted by atomic mass is 10.1. The van der Waals surface area contributed by atoms with Crippen molar-refractivity contribution in [3.05, 3.63) is 65.9 Å². The van der Waals surface area contributed by atoms with Crippen molar-refractivity contribution in [3.8, 4) is 17.5 Å². The van der Waals surface area contributed by atoms with Crippen molar-refractivity contribution in [1.82, 2.24) is 15.0 Å². The van der Waals surface area contributed by atoms with E-state index >= 15 is 0 Å². The number of para-hydroxylation sites is 1. The lowest BCUT2D eigenvalue weighted by Crippen LogP contribution is -2.36. The largest absolute Gasteiger partial charge is 0.493 e. The van der Waals surface area contributed by atoms with Gasteiger partial charge < -0.3 is 28.8 Å². The predicted molar refractivity (Wildman–Crippen MR) is 143 cm³/mol. The monoisotopic (exact) mass is 502 g/mol. The molecular weight excluding hydrogens is 472 g/mol. The molecule has 2 N–H and O–H groups in total. The summed E-state index contributed by atoms with van der Waals surface area (Å²) < 4.78 is 22.2. The summed E-state index contributed by atoms with van der Waals surface area (Å²) in [7, 11) is 3.24. The van der Waals surface area contributed by atoms with Crippen LogP contribution < -0.4 is 24.5 Å². The number of nitrogens with one attached hydrogen (secondary N) is 2. The smallest absolute Gasteiger partial charge is 0.320 e. The van der Waals surface area contributed by atoms with Crippen LogP contribution in [0.1, 0.15) is 11.1 Å². The van der Waals surface area contributed by atoms with Gasteiger partial charge in [0.05, 0.1) is 40.3 Å². The second-order valence-corrected chi connectivity index (χ2v) is 8.44. The molecule has 10 nitrogen and oxygen atoms in total. The van der Waals surface area contributed by atoms with Crippen LogP contribution >= 0.6 is 0 Å². The molecule has 1 aliphatic rings. The van der Waals surface area contributed by atoms with Crippen LogP contribution in [0.25, 0.3) is 10.9 Å². The molecule has 37 heavy (non-hydrogen) atoms. The highest BCUT2D eigenvalue weighted by Crippen LogP contribution is 2.28. The second kappa shape index (κ2) is 11.6. The van der Waals surface area contributed by atoms with Gasteiger partial charge in [-0.2, -0.15) is 15.1 Å². The van der Waals surface area contributed by atoms with Crippen molar-refractivity contribution in [2.45, 2.75) is 6.42 Å². The van der Waals surface area contributed by atoms with Crippen LogP contribution in [0.4, 0.5) is 11.6 Å². The number of nitrogens with zero attached hydrogens (tertiary/aromatic N) is 4. The van der Waals surface area contributed by atoms with Crippen molar-refractivity contribution < 1.29 is 18.9 Å². The lowest BCUT2D eigenvalue weighted by Gasteiger charge is -2.28. The van der Waals surface area contributed by atoms with E-state index in [2.05, 4.69) is 36.4 Å². The Kier molecular flexibility index (Phi) is 7.66. The molecule has 4 aromatic rings. The number of rotatable bonds is 10. The van der Waals surface area contributed by atoms with Gasteiger partial charge in [0.25, 0.3) is 0 Å². The van der Waals surface area contributed by atoms with Gasteiger partial charge in [0.2, 0.25) is 0 Å². The fraction of sp³-hybridized carbons (Fsp3) is 0.296. The first-order valence-electron chi connectivity index (χ1n) is 12.1. The molecule has 10 heteroatoms. The average molecular weight is 503 g/mol. The fourth-order valence-electron chi connectivity index (χ4n) is 4.15. The number of benzene rings is 2. The Bertz CT molecular complexity index is 1370. The predicted octanol–water partition coefficient (Wildman–Crippen LogP) is 3.88. The zero-order valence-electron chi connectivity index (χ0n) is 20.9. The Hall–Kier alpha value is -4.31. The third kappa shape index (κ3) is 5.92. The first kappa shape index (κ1) is 24.4. The summed E-state index contributed by atoms with van der Waals surface area (Å²) in [6.07, 6.45) is 4.36. The molecule has 2 aromatic carbocycles. The first-order valence-corrected chi connectivity index (χ1v) is 12.1. The van der Waals surface area contributed by atoms with Crippen LogP contribution in [0.3, 0.4) is 0 Å². The Morgan fingerprint density at radius 1 is 1.05 bits per heavy atom. The highest BCUT2D eigenvalue weighted by atomic mass is 16.5. The Balaban J connectivity index is 1.30. The van der Waals surface area contributed by atoms with E-state index in [1.165, 1.54) is 0 Å². The Morgan fingerprint density at radius 2 is 1.89 bits per heavy atom. The number of methoxy groups -OCH3 is 2. The molecule has 0 amide bonds. The summed E-state index contributed by atoms with van der Waals surface area (Å²) in [6, 6.07) is 16.1. The fourth-order valence-corrected chi connectivity index (χ4v) is 4.15. The molecule has 0 radical (unpaired) electrons. The molecule has 0 atom stereocenters. The average Bonchev–Trinajstić information content (AvgIpc) is 3.36. The van der Waals surface area contributed by atoms with Crippen LogP contribution in [0.5, 0.6) is 17.5 Å². The van der Waals surface area contributed by atoms with Crippen molar-refractivity contribution in [3.63, 3.8) is 0 Å². The van der Waals surface area contributed by atoms with Crippen LogP contribution in [0, 0.1) is 0 Å². The molecule has 1 aliphatic heterocycles. The van der Waals surface area contributed by atoms with Gasteiger partial charge in [0, 0.05) is 48.2 Å². The van der Waals surface area contributed by atoms with E-state index in [4.69, 9.17) is 18.9 Å². The SMILES string of the molecule is COc1ccc(CCOc2nc(NN=Cc3c[nH]c4ccccc34)cc(N3CCOCC3)n2)cc1OC. The zero-order chi connectivity index (χ0) is 25.5. The summed E-state index contributed by atoms with van der Waals surface area (Å²) in [5, 5.41) is 5.52. The molecule has 0 saturated carbocycles. The topological polar surface area (TPSA) is 106 Å². The van der Waals surface area contributed by atoms with Crippen LogP contribution in [0.15, 0.2) is 59.8 Å². The molecule has 0 aliphatic carbocycles. The minimum Gasteiger partial charge on any atom is -0.493 e. The molecule has 1 saturated heterocycles. The van der Waals surface area contributed by atoms with Crippen molar-refractivity contribution in [2.75, 3.05) is 57.5 Å². The van der Waals surface area contributed by atoms with E-state index in [-0.39, 0.29) is 6.01 Å². The molecule has 5 rings (SSSR count). The number of anilines is 2. The maximum atomic E-state index is 5.97. The van der Waals surface area contributed by atoms with Gasteiger partial charge in [0.15, 0.2) is 17.3 Å². The number of aromatic amines is 1. The maximum absolute atomic E-state index is 5.97. The number of fused-ring (bicyclic) bond motifs is 1. The second-order valence-electron chi connectivity index (χ2n) is 8.44. The van der Waals surface area contributed by atoms with Crippen LogP contribution in [-0.2, 0) is 11.2 Å². The third-order valence-corrected chi connectivity index (χ3v) is 6.10. The molecule has 192 valence electrons. The lowest BCUT2D eigenvalue weighted by molar-refractivity contribution is 0.122. The van der Waals surface area contributed by atoms with E-state index in [1.54, 1.807) is 20.4 Å². The highest BCUT2D eigenvalue weighted by molar-refractivity contribution is 5.99. The minimum atomic E-state index is 0.286. The number of aromatic nitrogens is 3. The van der Waals surface area contributed by atoms with Gasteiger partial charge in [-0.15, -0.1) is 0 Å².